The first-order valence-corrected chi connectivity index (χ1v) is 6.57. The van der Waals surface area contributed by atoms with E-state index in [1.807, 2.05) is 12.1 Å². The maximum atomic E-state index is 11.6. The molecule has 1 aromatic carbocycles. The van der Waals surface area contributed by atoms with Gasteiger partial charge in [-0.25, -0.2) is 4.79 Å². The van der Waals surface area contributed by atoms with Gasteiger partial charge in [0.2, 0.25) is 0 Å². The van der Waals surface area contributed by atoms with Crippen molar-refractivity contribution in [3.8, 4) is 0 Å². The lowest BCUT2D eigenvalue weighted by Gasteiger charge is -2.04. The van der Waals surface area contributed by atoms with Crippen LogP contribution in [0.2, 0.25) is 5.02 Å². The van der Waals surface area contributed by atoms with E-state index in [2.05, 4.69) is 4.98 Å². The fraction of sp³-hybridized carbons (Fsp3) is 0.0769. The zero-order valence-electron chi connectivity index (χ0n) is 9.38. The van der Waals surface area contributed by atoms with Gasteiger partial charge < -0.3 is 4.74 Å². The highest BCUT2D eigenvalue weighted by Gasteiger charge is 2.05. The van der Waals surface area contributed by atoms with Crippen LogP contribution in [0.25, 0.3) is 0 Å². The predicted octanol–water partition coefficient (Wildman–Crippen LogP) is 3.64. The average Bonchev–Trinajstić information content (AvgIpc) is 2.42. The molecule has 0 N–H and O–H groups in total. The number of thioether (sulfide) groups is 1. The van der Waals surface area contributed by atoms with E-state index in [0.717, 1.165) is 4.90 Å². The number of benzene rings is 1. The number of carbonyl (C=O) groups is 1. The Morgan fingerprint density at radius 2 is 1.83 bits per heavy atom. The fourth-order valence-corrected chi connectivity index (χ4v) is 2.01. The van der Waals surface area contributed by atoms with Gasteiger partial charge in [0, 0.05) is 22.3 Å². The highest BCUT2D eigenvalue weighted by molar-refractivity contribution is 7.99. The van der Waals surface area contributed by atoms with Crippen LogP contribution in [0.4, 0.5) is 0 Å². The minimum atomic E-state index is -0.348. The van der Waals surface area contributed by atoms with Crippen molar-refractivity contribution >= 4 is 29.3 Å². The minimum Gasteiger partial charge on any atom is -0.451 e. The quantitative estimate of drug-likeness (QED) is 0.487. The number of ether oxygens (including phenoxy) is 1. The number of aromatic nitrogens is 1. The second-order valence-electron chi connectivity index (χ2n) is 3.38. The van der Waals surface area contributed by atoms with Gasteiger partial charge in [-0.2, -0.15) is 0 Å². The zero-order chi connectivity index (χ0) is 12.8. The van der Waals surface area contributed by atoms with Crippen molar-refractivity contribution in [1.29, 1.82) is 0 Å². The van der Waals surface area contributed by atoms with Crippen LogP contribution in [0.15, 0.2) is 53.7 Å². The average molecular weight is 280 g/mol. The van der Waals surface area contributed by atoms with Crippen LogP contribution >= 0.6 is 23.4 Å². The summed E-state index contributed by atoms with van der Waals surface area (Å²) in [6, 6.07) is 10.6. The van der Waals surface area contributed by atoms with Gasteiger partial charge in [-0.15, -0.1) is 0 Å². The number of halogens is 1. The van der Waals surface area contributed by atoms with Gasteiger partial charge in [0.05, 0.1) is 5.56 Å². The molecule has 0 saturated carbocycles. The van der Waals surface area contributed by atoms with Gasteiger partial charge in [-0.05, 0) is 36.4 Å². The third-order valence-electron chi connectivity index (χ3n) is 2.15. The summed E-state index contributed by atoms with van der Waals surface area (Å²) < 4.78 is 5.13. The molecule has 0 bridgehead atoms. The van der Waals surface area contributed by atoms with Crippen LogP contribution in [-0.4, -0.2) is 16.9 Å². The summed E-state index contributed by atoms with van der Waals surface area (Å²) in [5, 5.41) is 0.688. The Morgan fingerprint density at radius 3 is 2.50 bits per heavy atom. The predicted molar refractivity (Wildman–Crippen MR) is 71.8 cm³/mol. The topological polar surface area (TPSA) is 39.2 Å². The van der Waals surface area contributed by atoms with E-state index in [9.17, 15) is 4.79 Å². The summed E-state index contributed by atoms with van der Waals surface area (Å²) >= 11 is 7.21. The molecule has 0 saturated heterocycles. The monoisotopic (exact) mass is 279 g/mol. The van der Waals surface area contributed by atoms with Crippen molar-refractivity contribution in [3.05, 3.63) is 59.4 Å². The van der Waals surface area contributed by atoms with Crippen LogP contribution < -0.4 is 0 Å². The Bertz CT molecular complexity index is 516. The van der Waals surface area contributed by atoms with Crippen molar-refractivity contribution in [1.82, 2.24) is 4.98 Å². The molecule has 0 aliphatic carbocycles. The Morgan fingerprint density at radius 1 is 1.17 bits per heavy atom. The molecule has 0 radical (unpaired) electrons. The number of pyridine rings is 1. The number of rotatable bonds is 4. The molecule has 0 amide bonds. The largest absolute Gasteiger partial charge is 0.451 e. The molecule has 1 heterocycles. The first-order valence-electron chi connectivity index (χ1n) is 5.21. The summed E-state index contributed by atoms with van der Waals surface area (Å²) in [5.41, 5.74) is 0.502. The molecule has 18 heavy (non-hydrogen) atoms. The minimum absolute atomic E-state index is 0.267. The van der Waals surface area contributed by atoms with Crippen LogP contribution in [0.3, 0.4) is 0 Å². The molecule has 0 aliphatic rings. The molecular formula is C13H10ClNO2S. The SMILES string of the molecule is O=C(OCSc1ccc(Cl)cc1)c1ccncc1. The van der Waals surface area contributed by atoms with Crippen LogP contribution in [-0.2, 0) is 4.74 Å². The molecular weight excluding hydrogens is 270 g/mol. The van der Waals surface area contributed by atoms with Crippen LogP contribution in [0.1, 0.15) is 10.4 Å². The number of esters is 1. The van der Waals surface area contributed by atoms with E-state index in [0.29, 0.717) is 10.6 Å². The fourth-order valence-electron chi connectivity index (χ4n) is 1.25. The van der Waals surface area contributed by atoms with Crippen LogP contribution in [0.5, 0.6) is 0 Å². The molecule has 5 heteroatoms. The molecule has 1 aromatic heterocycles. The highest BCUT2D eigenvalue weighted by atomic mass is 35.5. The van der Waals surface area contributed by atoms with E-state index in [-0.39, 0.29) is 11.9 Å². The number of hydrogen-bond acceptors (Lipinski definition) is 4. The van der Waals surface area contributed by atoms with E-state index in [1.165, 1.54) is 11.8 Å². The molecule has 92 valence electrons. The zero-order valence-corrected chi connectivity index (χ0v) is 10.9. The molecule has 0 aliphatic heterocycles. The highest BCUT2D eigenvalue weighted by Crippen LogP contribution is 2.20. The summed E-state index contributed by atoms with van der Waals surface area (Å²) in [4.78, 5) is 16.4. The van der Waals surface area contributed by atoms with E-state index >= 15 is 0 Å². The van der Waals surface area contributed by atoms with Crippen molar-refractivity contribution in [2.75, 3.05) is 5.94 Å². The number of nitrogens with zero attached hydrogens (tertiary/aromatic N) is 1. The van der Waals surface area contributed by atoms with Gasteiger partial charge in [0.15, 0.2) is 0 Å². The third-order valence-corrected chi connectivity index (χ3v) is 3.24. The van der Waals surface area contributed by atoms with Crippen LogP contribution in [0, 0.1) is 0 Å². The number of hydrogen-bond donors (Lipinski definition) is 0. The standard InChI is InChI=1S/C13H10ClNO2S/c14-11-1-3-12(4-2-11)18-9-17-13(16)10-5-7-15-8-6-10/h1-8H,9H2. The molecule has 0 unspecified atom stereocenters. The second-order valence-corrected chi connectivity index (χ2v) is 4.82. The Kier molecular flexibility index (Phi) is 4.61. The lowest BCUT2D eigenvalue weighted by atomic mass is 10.3. The smallest absolute Gasteiger partial charge is 0.339 e. The van der Waals surface area contributed by atoms with Gasteiger partial charge in [0.25, 0.3) is 0 Å². The van der Waals surface area contributed by atoms with Gasteiger partial charge in [0.1, 0.15) is 5.94 Å². The van der Waals surface area contributed by atoms with Crippen molar-refractivity contribution in [2.24, 2.45) is 0 Å². The summed E-state index contributed by atoms with van der Waals surface area (Å²) in [6.07, 6.45) is 3.12. The van der Waals surface area contributed by atoms with E-state index < -0.39 is 0 Å². The summed E-state index contributed by atoms with van der Waals surface area (Å²) in [5.74, 6) is -0.0816. The number of carbonyl (C=O) groups excluding carboxylic acids is 1. The summed E-state index contributed by atoms with van der Waals surface area (Å²) in [6.45, 7) is 0. The summed E-state index contributed by atoms with van der Waals surface area (Å²) in [7, 11) is 0. The van der Waals surface area contributed by atoms with Crippen molar-refractivity contribution in [3.63, 3.8) is 0 Å². The molecule has 2 rings (SSSR count). The van der Waals surface area contributed by atoms with E-state index in [1.54, 1.807) is 36.7 Å². The van der Waals surface area contributed by atoms with E-state index in [4.69, 9.17) is 16.3 Å². The lowest BCUT2D eigenvalue weighted by molar-refractivity contribution is 0.0579. The maximum absolute atomic E-state index is 11.6. The Balaban J connectivity index is 1.82. The molecule has 0 fully saturated rings. The second kappa shape index (κ2) is 6.42. The molecule has 2 aromatic rings. The molecule has 3 nitrogen and oxygen atoms in total. The maximum Gasteiger partial charge on any atom is 0.339 e. The van der Waals surface area contributed by atoms with Gasteiger partial charge >= 0.3 is 5.97 Å². The first-order chi connectivity index (χ1) is 8.75. The Labute approximate surface area is 114 Å². The lowest BCUT2D eigenvalue weighted by Crippen LogP contribution is -2.04. The third kappa shape index (κ3) is 3.75. The normalized spacial score (nSPS) is 10.1. The van der Waals surface area contributed by atoms with Gasteiger partial charge in [-0.3, -0.25) is 4.98 Å². The Hall–Kier alpha value is -1.52. The van der Waals surface area contributed by atoms with Crippen molar-refractivity contribution < 1.29 is 9.53 Å². The van der Waals surface area contributed by atoms with Crippen molar-refractivity contribution in [2.45, 2.75) is 4.90 Å². The molecule has 0 spiro atoms. The van der Waals surface area contributed by atoms with Gasteiger partial charge in [-0.1, -0.05) is 23.4 Å². The first kappa shape index (κ1) is 12.9. The molecule has 0 atom stereocenters.